The Balaban J connectivity index is 2.54. The molecular weight excluding hydrogens is 234 g/mol. The second-order valence-corrected chi connectivity index (χ2v) is 4.24. The Labute approximate surface area is 113 Å². The summed E-state index contributed by atoms with van der Waals surface area (Å²) in [6.45, 7) is 4.26. The molecule has 0 amide bonds. The maximum absolute atomic E-state index is 6.01. The maximum Gasteiger partial charge on any atom is 0.116 e. The van der Waals surface area contributed by atoms with Gasteiger partial charge in [0.25, 0.3) is 0 Å². The van der Waals surface area contributed by atoms with Crippen LogP contribution in [0.3, 0.4) is 0 Å². The van der Waals surface area contributed by atoms with Crippen LogP contribution in [0, 0.1) is 31.1 Å². The van der Waals surface area contributed by atoms with E-state index in [1.807, 2.05) is 32.0 Å². The third-order valence-corrected chi connectivity index (χ3v) is 2.81. The van der Waals surface area contributed by atoms with Crippen LogP contribution in [0.5, 0.6) is 0 Å². The molecular formula is C16H15N3. The molecule has 1 heterocycles. The van der Waals surface area contributed by atoms with Crippen LogP contribution in [0.25, 0.3) is 11.3 Å². The number of rotatable bonds is 2. The van der Waals surface area contributed by atoms with E-state index in [-0.39, 0.29) is 0 Å². The zero-order valence-electron chi connectivity index (χ0n) is 11.1. The highest BCUT2D eigenvalue weighted by Gasteiger charge is 2.11. The summed E-state index contributed by atoms with van der Waals surface area (Å²) in [4.78, 5) is 0. The summed E-state index contributed by atoms with van der Waals surface area (Å²) in [5, 5.41) is 4.43. The van der Waals surface area contributed by atoms with Crippen molar-refractivity contribution in [3.63, 3.8) is 0 Å². The molecule has 0 fully saturated rings. The lowest BCUT2D eigenvalue weighted by atomic mass is 10.0. The molecule has 2 aromatic rings. The van der Waals surface area contributed by atoms with E-state index in [0.717, 1.165) is 22.4 Å². The number of benzene rings is 1. The first kappa shape index (κ1) is 12.8. The molecule has 1 aromatic heterocycles. The normalized spacial score (nSPS) is 9.53. The van der Waals surface area contributed by atoms with Gasteiger partial charge in [0.2, 0.25) is 0 Å². The summed E-state index contributed by atoms with van der Waals surface area (Å²) in [6.07, 6.45) is 7.04. The van der Waals surface area contributed by atoms with Crippen LogP contribution in [-0.2, 0) is 6.54 Å². The molecule has 0 spiro atoms. The Bertz CT molecular complexity index is 706. The van der Waals surface area contributed by atoms with Crippen LogP contribution in [0.1, 0.15) is 18.1 Å². The Morgan fingerprint density at radius 3 is 2.89 bits per heavy atom. The van der Waals surface area contributed by atoms with Crippen LogP contribution < -0.4 is 5.73 Å². The van der Waals surface area contributed by atoms with E-state index in [9.17, 15) is 0 Å². The number of nitrogens with two attached hydrogens (primary N) is 1. The molecule has 0 radical (unpaired) electrons. The van der Waals surface area contributed by atoms with Gasteiger partial charge in [-0.15, -0.1) is 12.3 Å². The molecule has 0 atom stereocenters. The van der Waals surface area contributed by atoms with Crippen LogP contribution in [0.2, 0.25) is 0 Å². The van der Waals surface area contributed by atoms with E-state index >= 15 is 0 Å². The molecule has 0 saturated heterocycles. The van der Waals surface area contributed by atoms with Crippen LogP contribution in [0.15, 0.2) is 24.4 Å². The molecule has 0 unspecified atom stereocenters. The Kier molecular flexibility index (Phi) is 3.59. The molecule has 19 heavy (non-hydrogen) atoms. The first-order valence-electron chi connectivity index (χ1n) is 5.96. The van der Waals surface area contributed by atoms with Crippen molar-refractivity contribution in [1.82, 2.24) is 9.78 Å². The molecule has 0 aliphatic heterocycles. The highest BCUT2D eigenvalue weighted by atomic mass is 15.3. The highest BCUT2D eigenvalue weighted by molar-refractivity contribution is 5.75. The molecule has 1 aromatic carbocycles. The second-order valence-electron chi connectivity index (χ2n) is 4.24. The summed E-state index contributed by atoms with van der Waals surface area (Å²) in [5.41, 5.74) is 10.4. The average Bonchev–Trinajstić information content (AvgIpc) is 2.73. The predicted octanol–water partition coefficient (Wildman–Crippen LogP) is 2.45. The Hall–Kier alpha value is -2.65. The summed E-state index contributed by atoms with van der Waals surface area (Å²) in [7, 11) is 0. The van der Waals surface area contributed by atoms with Crippen molar-refractivity contribution < 1.29 is 0 Å². The van der Waals surface area contributed by atoms with Gasteiger partial charge in [-0.25, -0.2) is 0 Å². The van der Waals surface area contributed by atoms with Crippen LogP contribution in [-0.4, -0.2) is 9.78 Å². The maximum atomic E-state index is 6.01. The van der Waals surface area contributed by atoms with E-state index in [2.05, 4.69) is 22.9 Å². The summed E-state index contributed by atoms with van der Waals surface area (Å²) < 4.78 is 1.67. The average molecular weight is 249 g/mol. The molecule has 94 valence electrons. The van der Waals surface area contributed by atoms with Crippen molar-refractivity contribution >= 4 is 5.69 Å². The fourth-order valence-corrected chi connectivity index (χ4v) is 1.92. The lowest BCUT2D eigenvalue weighted by Gasteiger charge is -2.04. The third-order valence-electron chi connectivity index (χ3n) is 2.81. The van der Waals surface area contributed by atoms with Crippen molar-refractivity contribution in [3.8, 4) is 35.4 Å². The van der Waals surface area contributed by atoms with E-state index in [0.29, 0.717) is 12.2 Å². The quantitative estimate of drug-likeness (QED) is 0.831. The van der Waals surface area contributed by atoms with Crippen LogP contribution >= 0.6 is 0 Å². The minimum Gasteiger partial charge on any atom is -0.396 e. The molecule has 0 aliphatic carbocycles. The molecule has 0 bridgehead atoms. The van der Waals surface area contributed by atoms with Crippen molar-refractivity contribution in [2.45, 2.75) is 20.4 Å². The lowest BCUT2D eigenvalue weighted by Crippen LogP contribution is -1.96. The standard InChI is InChI=1S/C16H15N3/c1-4-6-13-8-7-12(3)14(10-13)16-15(17)11-19(18-16)9-5-2/h2,7-8,10-11H,9,17H2,1,3H3. The van der Waals surface area contributed by atoms with Gasteiger partial charge in [0.15, 0.2) is 0 Å². The van der Waals surface area contributed by atoms with Crippen molar-refractivity contribution in [2.24, 2.45) is 0 Å². The van der Waals surface area contributed by atoms with Gasteiger partial charge >= 0.3 is 0 Å². The number of hydrogen-bond acceptors (Lipinski definition) is 2. The number of terminal acetylenes is 1. The van der Waals surface area contributed by atoms with Gasteiger partial charge in [-0.3, -0.25) is 4.68 Å². The minimum atomic E-state index is 0.414. The SMILES string of the molecule is C#CCn1cc(N)c(-c2cc(C#CC)ccc2C)n1. The summed E-state index contributed by atoms with van der Waals surface area (Å²) in [6, 6.07) is 6.02. The van der Waals surface area contributed by atoms with Crippen molar-refractivity contribution in [2.75, 3.05) is 5.73 Å². The molecule has 2 N–H and O–H groups in total. The lowest BCUT2D eigenvalue weighted by molar-refractivity contribution is 0.718. The number of aryl methyl sites for hydroxylation is 1. The van der Waals surface area contributed by atoms with Gasteiger partial charge in [-0.1, -0.05) is 17.9 Å². The van der Waals surface area contributed by atoms with Gasteiger partial charge in [0.05, 0.1) is 5.69 Å². The van der Waals surface area contributed by atoms with Crippen molar-refractivity contribution in [1.29, 1.82) is 0 Å². The molecule has 2 rings (SSSR count). The topological polar surface area (TPSA) is 43.8 Å². The first-order valence-corrected chi connectivity index (χ1v) is 5.96. The van der Waals surface area contributed by atoms with Crippen molar-refractivity contribution in [3.05, 3.63) is 35.5 Å². The predicted molar refractivity (Wildman–Crippen MR) is 78.2 cm³/mol. The van der Waals surface area contributed by atoms with E-state index in [1.165, 1.54) is 0 Å². The largest absolute Gasteiger partial charge is 0.396 e. The van der Waals surface area contributed by atoms with E-state index < -0.39 is 0 Å². The molecule has 3 heteroatoms. The number of nitrogen functional groups attached to an aromatic ring is 1. The fraction of sp³-hybridized carbons (Fsp3) is 0.188. The molecule has 0 saturated carbocycles. The Morgan fingerprint density at radius 2 is 2.21 bits per heavy atom. The molecule has 0 aliphatic rings. The van der Waals surface area contributed by atoms with Gasteiger partial charge in [-0.2, -0.15) is 5.10 Å². The van der Waals surface area contributed by atoms with Gasteiger partial charge < -0.3 is 5.73 Å². The second kappa shape index (κ2) is 5.33. The first-order chi connectivity index (χ1) is 9.15. The van der Waals surface area contributed by atoms with Gasteiger partial charge in [0.1, 0.15) is 12.2 Å². The molecule has 3 nitrogen and oxygen atoms in total. The zero-order chi connectivity index (χ0) is 13.8. The third kappa shape index (κ3) is 2.61. The fourth-order valence-electron chi connectivity index (χ4n) is 1.92. The number of hydrogen-bond donors (Lipinski definition) is 1. The smallest absolute Gasteiger partial charge is 0.116 e. The minimum absolute atomic E-state index is 0.414. The summed E-state index contributed by atoms with van der Waals surface area (Å²) in [5.74, 6) is 8.47. The monoisotopic (exact) mass is 249 g/mol. The van der Waals surface area contributed by atoms with E-state index in [4.69, 9.17) is 12.2 Å². The van der Waals surface area contributed by atoms with Gasteiger partial charge in [0, 0.05) is 17.3 Å². The van der Waals surface area contributed by atoms with Gasteiger partial charge in [-0.05, 0) is 31.5 Å². The highest BCUT2D eigenvalue weighted by Crippen LogP contribution is 2.27. The zero-order valence-corrected chi connectivity index (χ0v) is 11.1. The number of anilines is 1. The van der Waals surface area contributed by atoms with Crippen LogP contribution in [0.4, 0.5) is 5.69 Å². The number of aromatic nitrogens is 2. The number of nitrogens with zero attached hydrogens (tertiary/aromatic N) is 2. The summed E-state index contributed by atoms with van der Waals surface area (Å²) >= 11 is 0. The Morgan fingerprint density at radius 1 is 1.42 bits per heavy atom. The van der Waals surface area contributed by atoms with E-state index in [1.54, 1.807) is 10.9 Å².